The third-order valence-corrected chi connectivity index (χ3v) is 22.9. The van der Waals surface area contributed by atoms with Gasteiger partial charge in [-0.1, -0.05) is 77.0 Å². The topological polar surface area (TPSA) is 52.8 Å². The van der Waals surface area contributed by atoms with Crippen LogP contribution in [0.1, 0.15) is 89.9 Å². The Labute approximate surface area is 234 Å². The van der Waals surface area contributed by atoms with Crippen LogP contribution < -0.4 is 0 Å². The van der Waals surface area contributed by atoms with Gasteiger partial charge in [0.2, 0.25) is 0 Å². The Hall–Kier alpha value is 0.668. The lowest BCUT2D eigenvalue weighted by Gasteiger charge is -2.41. The highest BCUT2D eigenvalue weighted by Crippen LogP contribution is 2.29. The predicted molar refractivity (Wildman–Crippen MR) is 167 cm³/mol. The highest BCUT2D eigenvalue weighted by molar-refractivity contribution is 6.89. The first-order chi connectivity index (χ1) is 17.3. The van der Waals surface area contributed by atoms with E-state index in [-0.39, 0.29) is 0 Å². The van der Waals surface area contributed by atoms with Crippen molar-refractivity contribution in [2.24, 2.45) is 0 Å². The maximum Gasteiger partial charge on any atom is 0.312 e. The SMILES string of the molecule is C[Si](C)(CCCCCCCCC1CO1)O[Si](C)(C)O[Si](C)(C)O[Si](C)(C)CCCCCCCCC1CO1. The summed E-state index contributed by atoms with van der Waals surface area (Å²) in [5.41, 5.74) is 0. The lowest BCUT2D eigenvalue weighted by molar-refractivity contribution is 0.327. The van der Waals surface area contributed by atoms with Crippen LogP contribution in [0.25, 0.3) is 0 Å². The molecule has 9 heteroatoms. The molecule has 2 fully saturated rings. The van der Waals surface area contributed by atoms with Gasteiger partial charge in [0, 0.05) is 0 Å². The van der Waals surface area contributed by atoms with Crippen LogP contribution >= 0.6 is 0 Å². The molecule has 0 amide bonds. The minimum Gasteiger partial charge on any atom is -0.436 e. The zero-order valence-corrected chi connectivity index (χ0v) is 29.9. The van der Waals surface area contributed by atoms with Gasteiger partial charge in [-0.05, 0) is 77.3 Å². The fourth-order valence-corrected chi connectivity index (χ4v) is 25.3. The molecule has 0 aromatic carbocycles. The Bertz CT molecular complexity index is 570. The van der Waals surface area contributed by atoms with E-state index in [9.17, 15) is 0 Å². The van der Waals surface area contributed by atoms with E-state index < -0.39 is 33.8 Å². The fourth-order valence-electron chi connectivity index (χ4n) is 5.80. The summed E-state index contributed by atoms with van der Waals surface area (Å²) in [5.74, 6) is 0. The molecule has 2 aliphatic heterocycles. The van der Waals surface area contributed by atoms with E-state index in [2.05, 4.69) is 52.4 Å². The summed E-state index contributed by atoms with van der Waals surface area (Å²) in [5, 5.41) is 0. The molecule has 0 aromatic heterocycles. The molecule has 0 saturated carbocycles. The number of epoxide rings is 2. The minimum atomic E-state index is -2.23. The smallest absolute Gasteiger partial charge is 0.312 e. The first kappa shape index (κ1) is 33.9. The van der Waals surface area contributed by atoms with E-state index >= 15 is 0 Å². The zero-order valence-electron chi connectivity index (χ0n) is 25.9. The molecule has 0 radical (unpaired) electrons. The van der Waals surface area contributed by atoms with Crippen molar-refractivity contribution < 1.29 is 21.8 Å². The third-order valence-electron chi connectivity index (χ3n) is 7.45. The van der Waals surface area contributed by atoms with E-state index in [0.717, 1.165) is 13.2 Å². The van der Waals surface area contributed by atoms with Crippen LogP contribution in [0.2, 0.25) is 64.5 Å². The lowest BCUT2D eigenvalue weighted by atomic mass is 10.1. The van der Waals surface area contributed by atoms with Crippen molar-refractivity contribution in [2.75, 3.05) is 13.2 Å². The van der Waals surface area contributed by atoms with Crippen molar-refractivity contribution in [3.8, 4) is 0 Å². The maximum absolute atomic E-state index is 6.82. The molecule has 0 N–H and O–H groups in total. The van der Waals surface area contributed by atoms with Crippen LogP contribution in [0.3, 0.4) is 0 Å². The molecule has 2 aliphatic rings. The standard InChI is InChI=1S/C28H62O5Si4/c1-34(2,23-19-15-11-9-13-17-21-27-25-29-27)31-36(5,6)33-37(7,8)32-35(3,4)24-20-16-12-10-14-18-22-28-26-30-28/h27-28H,9-26H2,1-8H3. The summed E-state index contributed by atoms with van der Waals surface area (Å²) >= 11 is 0. The Morgan fingerprint density at radius 1 is 0.459 bits per heavy atom. The summed E-state index contributed by atoms with van der Waals surface area (Å²) < 4.78 is 31.0. The van der Waals surface area contributed by atoms with Crippen LogP contribution in [-0.2, 0) is 21.8 Å². The number of ether oxygens (including phenoxy) is 2. The first-order valence-electron chi connectivity index (χ1n) is 15.6. The van der Waals surface area contributed by atoms with Crippen molar-refractivity contribution in [1.29, 1.82) is 0 Å². The van der Waals surface area contributed by atoms with Gasteiger partial charge in [-0.3, -0.25) is 0 Å². The van der Waals surface area contributed by atoms with Gasteiger partial charge in [0.1, 0.15) is 0 Å². The van der Waals surface area contributed by atoms with E-state index in [1.165, 1.54) is 102 Å². The second-order valence-corrected chi connectivity index (χ2v) is 29.9. The van der Waals surface area contributed by atoms with Crippen molar-refractivity contribution in [2.45, 2.75) is 167 Å². The number of hydrogen-bond donors (Lipinski definition) is 0. The van der Waals surface area contributed by atoms with Crippen LogP contribution in [0.15, 0.2) is 0 Å². The molecule has 2 saturated heterocycles. The minimum absolute atomic E-state index is 0.600. The number of rotatable bonds is 24. The van der Waals surface area contributed by atoms with Gasteiger partial charge in [-0.2, -0.15) is 0 Å². The second kappa shape index (κ2) is 16.2. The molecule has 37 heavy (non-hydrogen) atoms. The van der Waals surface area contributed by atoms with Crippen molar-refractivity contribution in [3.05, 3.63) is 0 Å². The molecule has 2 heterocycles. The van der Waals surface area contributed by atoms with Gasteiger partial charge < -0.3 is 21.8 Å². The molecule has 2 atom stereocenters. The van der Waals surface area contributed by atoms with Crippen LogP contribution in [-0.4, -0.2) is 59.2 Å². The van der Waals surface area contributed by atoms with Gasteiger partial charge in [0.25, 0.3) is 0 Å². The van der Waals surface area contributed by atoms with E-state index in [0.29, 0.717) is 12.2 Å². The molecular weight excluding hydrogens is 529 g/mol. The lowest BCUT2D eigenvalue weighted by Crippen LogP contribution is -2.56. The van der Waals surface area contributed by atoms with Crippen molar-refractivity contribution in [3.63, 3.8) is 0 Å². The molecule has 2 unspecified atom stereocenters. The monoisotopic (exact) mass is 590 g/mol. The quantitative estimate of drug-likeness (QED) is 0.0637. The molecule has 220 valence electrons. The van der Waals surface area contributed by atoms with Gasteiger partial charge in [-0.15, -0.1) is 0 Å². The Morgan fingerprint density at radius 3 is 1.08 bits per heavy atom. The molecule has 0 aliphatic carbocycles. The van der Waals surface area contributed by atoms with Gasteiger partial charge in [-0.25, -0.2) is 0 Å². The Balaban J connectivity index is 1.57. The number of unbranched alkanes of at least 4 members (excludes halogenated alkanes) is 10. The van der Waals surface area contributed by atoms with Crippen LogP contribution in [0.5, 0.6) is 0 Å². The van der Waals surface area contributed by atoms with Gasteiger partial charge in [0.15, 0.2) is 16.6 Å². The zero-order chi connectivity index (χ0) is 27.4. The highest BCUT2D eigenvalue weighted by atomic mass is 28.5. The molecular formula is C28H62O5Si4. The Morgan fingerprint density at radius 2 is 0.757 bits per heavy atom. The molecule has 0 aromatic rings. The van der Waals surface area contributed by atoms with E-state index in [1.54, 1.807) is 0 Å². The normalized spacial score (nSPS) is 20.4. The average Bonchev–Trinajstić information content (AvgIpc) is 3.64. The third kappa shape index (κ3) is 18.6. The summed E-state index contributed by atoms with van der Waals surface area (Å²) in [4.78, 5) is 0. The summed E-state index contributed by atoms with van der Waals surface area (Å²) in [6.07, 6.45) is 19.8. The average molecular weight is 591 g/mol. The van der Waals surface area contributed by atoms with Crippen LogP contribution in [0.4, 0.5) is 0 Å². The number of hydrogen-bond acceptors (Lipinski definition) is 5. The van der Waals surface area contributed by atoms with Crippen LogP contribution in [0, 0.1) is 0 Å². The second-order valence-electron chi connectivity index (χ2n) is 13.9. The van der Waals surface area contributed by atoms with E-state index in [4.69, 9.17) is 21.8 Å². The molecule has 2 rings (SSSR count). The van der Waals surface area contributed by atoms with Crippen molar-refractivity contribution >= 4 is 33.8 Å². The fraction of sp³-hybridized carbons (Fsp3) is 1.00. The maximum atomic E-state index is 6.82. The summed E-state index contributed by atoms with van der Waals surface area (Å²) in [6.45, 7) is 20.5. The van der Waals surface area contributed by atoms with Gasteiger partial charge >= 0.3 is 17.1 Å². The molecule has 5 nitrogen and oxygen atoms in total. The largest absolute Gasteiger partial charge is 0.436 e. The van der Waals surface area contributed by atoms with Gasteiger partial charge in [0.05, 0.1) is 25.4 Å². The predicted octanol–water partition coefficient (Wildman–Crippen LogP) is 9.11. The van der Waals surface area contributed by atoms with Crippen molar-refractivity contribution in [1.82, 2.24) is 0 Å². The molecule has 0 spiro atoms. The molecule has 0 bridgehead atoms. The first-order valence-corrected chi connectivity index (χ1v) is 27.5. The summed E-state index contributed by atoms with van der Waals surface area (Å²) in [7, 11) is -7.91. The highest BCUT2D eigenvalue weighted by Gasteiger charge is 2.43. The Kier molecular flexibility index (Phi) is 14.8. The van der Waals surface area contributed by atoms with E-state index in [1.807, 2.05) is 0 Å². The summed E-state index contributed by atoms with van der Waals surface area (Å²) in [6, 6.07) is 2.47.